The zero-order valence-electron chi connectivity index (χ0n) is 8.13. The summed E-state index contributed by atoms with van der Waals surface area (Å²) in [6.07, 6.45) is 0. The van der Waals surface area contributed by atoms with Gasteiger partial charge in [0.25, 0.3) is 0 Å². The number of hydrogen-bond acceptors (Lipinski definition) is 2. The van der Waals surface area contributed by atoms with Crippen molar-refractivity contribution in [2.45, 2.75) is 26.7 Å². The molecule has 0 unspecified atom stereocenters. The van der Waals surface area contributed by atoms with Crippen molar-refractivity contribution in [3.8, 4) is 11.8 Å². The Morgan fingerprint density at radius 1 is 1.38 bits per heavy atom. The summed E-state index contributed by atoms with van der Waals surface area (Å²) in [4.78, 5) is 0. The summed E-state index contributed by atoms with van der Waals surface area (Å²) < 4.78 is 0. The first-order valence-electron chi connectivity index (χ1n) is 4.30. The molecule has 1 aromatic carbocycles. The summed E-state index contributed by atoms with van der Waals surface area (Å²) in [6.45, 7) is 5.97. The molecule has 13 heavy (non-hydrogen) atoms. The van der Waals surface area contributed by atoms with Crippen molar-refractivity contribution in [3.63, 3.8) is 0 Å². The summed E-state index contributed by atoms with van der Waals surface area (Å²) in [5, 5.41) is 18.3. The maximum absolute atomic E-state index is 9.60. The standard InChI is InChI=1S/C11H13NO/c1-7(2)10-5-4-9(6-12)11(13)8(10)3/h4-5,7,13H,1-3H3. The molecule has 0 bridgehead atoms. The minimum atomic E-state index is 0.119. The lowest BCUT2D eigenvalue weighted by Gasteiger charge is -2.11. The van der Waals surface area contributed by atoms with Crippen LogP contribution in [-0.2, 0) is 0 Å². The van der Waals surface area contributed by atoms with E-state index in [4.69, 9.17) is 5.26 Å². The lowest BCUT2D eigenvalue weighted by atomic mass is 9.95. The van der Waals surface area contributed by atoms with Gasteiger partial charge in [0.1, 0.15) is 11.8 Å². The van der Waals surface area contributed by atoms with E-state index in [1.807, 2.05) is 19.1 Å². The molecule has 2 nitrogen and oxygen atoms in total. The number of phenolic OH excluding ortho intramolecular Hbond substituents is 1. The molecule has 1 N–H and O–H groups in total. The van der Waals surface area contributed by atoms with E-state index in [-0.39, 0.29) is 5.75 Å². The predicted octanol–water partition coefficient (Wildman–Crippen LogP) is 2.70. The molecule has 68 valence electrons. The van der Waals surface area contributed by atoms with Crippen LogP contribution in [0.15, 0.2) is 12.1 Å². The average molecular weight is 175 g/mol. The molecule has 0 aliphatic carbocycles. The van der Waals surface area contributed by atoms with E-state index >= 15 is 0 Å². The third-order valence-corrected chi connectivity index (χ3v) is 2.22. The Labute approximate surface area is 78.4 Å². The van der Waals surface area contributed by atoms with Gasteiger partial charge in [-0.3, -0.25) is 0 Å². The normalized spacial score (nSPS) is 10.1. The Kier molecular flexibility index (Phi) is 2.57. The highest BCUT2D eigenvalue weighted by Crippen LogP contribution is 2.28. The van der Waals surface area contributed by atoms with Crippen LogP contribution in [0.25, 0.3) is 0 Å². The number of nitriles is 1. The number of nitrogens with zero attached hydrogens (tertiary/aromatic N) is 1. The molecule has 1 rings (SSSR count). The van der Waals surface area contributed by atoms with Crippen molar-refractivity contribution >= 4 is 0 Å². The second-order valence-corrected chi connectivity index (χ2v) is 3.44. The molecule has 0 amide bonds. The molecule has 0 saturated carbocycles. The molecule has 0 aliphatic heterocycles. The van der Waals surface area contributed by atoms with Crippen LogP contribution in [0.1, 0.15) is 36.5 Å². The molecule has 0 fully saturated rings. The first-order valence-corrected chi connectivity index (χ1v) is 4.30. The molecule has 1 aromatic rings. The van der Waals surface area contributed by atoms with E-state index in [0.717, 1.165) is 11.1 Å². The van der Waals surface area contributed by atoms with Gasteiger partial charge in [-0.2, -0.15) is 5.26 Å². The third kappa shape index (κ3) is 1.65. The Morgan fingerprint density at radius 2 is 2.00 bits per heavy atom. The van der Waals surface area contributed by atoms with Crippen LogP contribution in [0.2, 0.25) is 0 Å². The van der Waals surface area contributed by atoms with Gasteiger partial charge in [0.15, 0.2) is 0 Å². The van der Waals surface area contributed by atoms with Gasteiger partial charge >= 0.3 is 0 Å². The smallest absolute Gasteiger partial charge is 0.136 e. The van der Waals surface area contributed by atoms with Gasteiger partial charge in [-0.05, 0) is 30.0 Å². The number of benzene rings is 1. The zero-order chi connectivity index (χ0) is 10.0. The fourth-order valence-electron chi connectivity index (χ4n) is 1.43. The van der Waals surface area contributed by atoms with Gasteiger partial charge < -0.3 is 5.11 Å². The van der Waals surface area contributed by atoms with Crippen LogP contribution in [0.4, 0.5) is 0 Å². The number of hydrogen-bond donors (Lipinski definition) is 1. The fraction of sp³-hybridized carbons (Fsp3) is 0.364. The number of rotatable bonds is 1. The molecule has 0 aliphatic rings. The van der Waals surface area contributed by atoms with Gasteiger partial charge in [-0.25, -0.2) is 0 Å². The lowest BCUT2D eigenvalue weighted by Crippen LogP contribution is -1.93. The molecule has 0 saturated heterocycles. The van der Waals surface area contributed by atoms with Gasteiger partial charge in [0.05, 0.1) is 5.56 Å². The number of aromatic hydroxyl groups is 1. The molecule has 0 aromatic heterocycles. The fourth-order valence-corrected chi connectivity index (χ4v) is 1.43. The number of phenols is 1. The van der Waals surface area contributed by atoms with Crippen molar-refractivity contribution in [3.05, 3.63) is 28.8 Å². The zero-order valence-corrected chi connectivity index (χ0v) is 8.13. The SMILES string of the molecule is Cc1c(C(C)C)ccc(C#N)c1O. The molecular weight excluding hydrogens is 162 g/mol. The summed E-state index contributed by atoms with van der Waals surface area (Å²) in [7, 11) is 0. The molecule has 0 atom stereocenters. The second kappa shape index (κ2) is 3.49. The Bertz CT molecular complexity index is 361. The Balaban J connectivity index is 3.33. The highest BCUT2D eigenvalue weighted by molar-refractivity contribution is 5.51. The Morgan fingerprint density at radius 3 is 2.46 bits per heavy atom. The van der Waals surface area contributed by atoms with E-state index in [9.17, 15) is 5.11 Å². The van der Waals surface area contributed by atoms with E-state index < -0.39 is 0 Å². The third-order valence-electron chi connectivity index (χ3n) is 2.22. The maximum atomic E-state index is 9.60. The predicted molar refractivity (Wildman–Crippen MR) is 51.6 cm³/mol. The minimum Gasteiger partial charge on any atom is -0.506 e. The van der Waals surface area contributed by atoms with E-state index in [1.54, 1.807) is 6.07 Å². The van der Waals surface area contributed by atoms with Crippen LogP contribution in [0.5, 0.6) is 5.75 Å². The van der Waals surface area contributed by atoms with Gasteiger partial charge in [-0.15, -0.1) is 0 Å². The van der Waals surface area contributed by atoms with Gasteiger partial charge in [-0.1, -0.05) is 19.9 Å². The lowest BCUT2D eigenvalue weighted by molar-refractivity contribution is 0.467. The van der Waals surface area contributed by atoms with Crippen LogP contribution in [0, 0.1) is 18.3 Å². The first kappa shape index (κ1) is 9.60. The molecule has 0 spiro atoms. The summed E-state index contributed by atoms with van der Waals surface area (Å²) in [5.74, 6) is 0.493. The molecule has 0 heterocycles. The molecule has 2 heteroatoms. The van der Waals surface area contributed by atoms with Crippen molar-refractivity contribution in [1.29, 1.82) is 5.26 Å². The van der Waals surface area contributed by atoms with Crippen molar-refractivity contribution < 1.29 is 5.11 Å². The van der Waals surface area contributed by atoms with Crippen molar-refractivity contribution in [2.75, 3.05) is 0 Å². The second-order valence-electron chi connectivity index (χ2n) is 3.44. The van der Waals surface area contributed by atoms with Gasteiger partial charge in [0, 0.05) is 0 Å². The summed E-state index contributed by atoms with van der Waals surface area (Å²) in [6, 6.07) is 5.52. The topological polar surface area (TPSA) is 44.0 Å². The summed E-state index contributed by atoms with van der Waals surface area (Å²) in [5.41, 5.74) is 2.26. The van der Waals surface area contributed by atoms with Crippen molar-refractivity contribution in [1.82, 2.24) is 0 Å². The van der Waals surface area contributed by atoms with E-state index in [1.165, 1.54) is 0 Å². The highest BCUT2D eigenvalue weighted by Gasteiger charge is 2.10. The van der Waals surface area contributed by atoms with Crippen LogP contribution >= 0.6 is 0 Å². The van der Waals surface area contributed by atoms with Crippen LogP contribution in [0.3, 0.4) is 0 Å². The molecule has 0 radical (unpaired) electrons. The van der Waals surface area contributed by atoms with E-state index in [0.29, 0.717) is 11.5 Å². The van der Waals surface area contributed by atoms with Gasteiger partial charge in [0.2, 0.25) is 0 Å². The quantitative estimate of drug-likeness (QED) is 0.713. The Hall–Kier alpha value is -1.49. The average Bonchev–Trinajstić information content (AvgIpc) is 2.09. The van der Waals surface area contributed by atoms with Crippen LogP contribution < -0.4 is 0 Å². The monoisotopic (exact) mass is 175 g/mol. The van der Waals surface area contributed by atoms with Crippen molar-refractivity contribution in [2.24, 2.45) is 0 Å². The maximum Gasteiger partial charge on any atom is 0.136 e. The highest BCUT2D eigenvalue weighted by atomic mass is 16.3. The molecular formula is C11H13NO. The minimum absolute atomic E-state index is 0.119. The largest absolute Gasteiger partial charge is 0.506 e. The van der Waals surface area contributed by atoms with Crippen LogP contribution in [-0.4, -0.2) is 5.11 Å². The summed E-state index contributed by atoms with van der Waals surface area (Å²) >= 11 is 0. The first-order chi connectivity index (χ1) is 6.07. The van der Waals surface area contributed by atoms with E-state index in [2.05, 4.69) is 13.8 Å².